The molecule has 1 aliphatic rings. The lowest BCUT2D eigenvalue weighted by atomic mass is 9.90. The first-order chi connectivity index (χ1) is 12.3. The minimum Gasteiger partial charge on any atom is -0.493 e. The van der Waals surface area contributed by atoms with Crippen LogP contribution >= 0.6 is 0 Å². The summed E-state index contributed by atoms with van der Waals surface area (Å²) in [6, 6.07) is 17.6. The fraction of sp³-hybridized carbons (Fsp3) is 0.458. The summed E-state index contributed by atoms with van der Waals surface area (Å²) in [6.45, 7) is 3.11. The quantitative estimate of drug-likeness (QED) is 0.479. The second-order valence-electron chi connectivity index (χ2n) is 7.30. The van der Waals surface area contributed by atoms with Crippen molar-refractivity contribution in [2.75, 3.05) is 6.61 Å². The SMILES string of the molecule is CCCCCc1ccc(-c2ccc(OCC3CC[CH]CC3)cc2)cc1. The number of rotatable bonds is 8. The highest BCUT2D eigenvalue weighted by Crippen LogP contribution is 2.26. The highest BCUT2D eigenvalue weighted by atomic mass is 16.5. The first kappa shape index (κ1) is 18.0. The van der Waals surface area contributed by atoms with E-state index in [1.54, 1.807) is 0 Å². The van der Waals surface area contributed by atoms with Gasteiger partial charge in [0.15, 0.2) is 0 Å². The molecule has 0 N–H and O–H groups in total. The van der Waals surface area contributed by atoms with Gasteiger partial charge in [-0.3, -0.25) is 0 Å². The van der Waals surface area contributed by atoms with Crippen molar-refractivity contribution in [1.29, 1.82) is 0 Å². The number of hydrogen-bond donors (Lipinski definition) is 0. The third-order valence-electron chi connectivity index (χ3n) is 5.25. The number of ether oxygens (including phenoxy) is 1. The molecule has 0 amide bonds. The molecule has 1 aliphatic carbocycles. The van der Waals surface area contributed by atoms with Gasteiger partial charge in [-0.2, -0.15) is 0 Å². The number of benzene rings is 2. The third kappa shape index (κ3) is 5.63. The Hall–Kier alpha value is -1.76. The molecule has 0 saturated heterocycles. The molecule has 0 aromatic heterocycles. The Morgan fingerprint density at radius 2 is 1.48 bits per heavy atom. The van der Waals surface area contributed by atoms with Crippen LogP contribution in [0.5, 0.6) is 5.75 Å². The standard InChI is InChI=1S/C24H31O/c1-2-3-5-8-20-11-13-22(14-12-20)23-15-17-24(18-16-23)25-19-21-9-6-4-7-10-21/h4,11-18,21H,2-3,5-10,19H2,1H3. The molecule has 0 aliphatic heterocycles. The molecule has 1 nitrogen and oxygen atoms in total. The lowest BCUT2D eigenvalue weighted by molar-refractivity contribution is 0.221. The van der Waals surface area contributed by atoms with Gasteiger partial charge in [0.05, 0.1) is 6.61 Å². The van der Waals surface area contributed by atoms with Gasteiger partial charge in [0, 0.05) is 0 Å². The van der Waals surface area contributed by atoms with Crippen molar-refractivity contribution >= 4 is 0 Å². The van der Waals surface area contributed by atoms with E-state index in [2.05, 4.69) is 61.9 Å². The van der Waals surface area contributed by atoms with Crippen LogP contribution in [0.4, 0.5) is 0 Å². The van der Waals surface area contributed by atoms with E-state index in [9.17, 15) is 0 Å². The largest absolute Gasteiger partial charge is 0.493 e. The minimum atomic E-state index is 0.727. The maximum absolute atomic E-state index is 6.00. The molecule has 0 heterocycles. The lowest BCUT2D eigenvalue weighted by Gasteiger charge is -2.21. The lowest BCUT2D eigenvalue weighted by Crippen LogP contribution is -2.15. The fourth-order valence-electron chi connectivity index (χ4n) is 3.56. The van der Waals surface area contributed by atoms with Crippen LogP contribution in [-0.2, 0) is 6.42 Å². The predicted octanol–water partition coefficient (Wildman–Crippen LogP) is 6.86. The molecule has 1 heteroatoms. The van der Waals surface area contributed by atoms with E-state index < -0.39 is 0 Å². The van der Waals surface area contributed by atoms with Crippen molar-refractivity contribution in [3.63, 3.8) is 0 Å². The van der Waals surface area contributed by atoms with Gasteiger partial charge >= 0.3 is 0 Å². The van der Waals surface area contributed by atoms with Crippen LogP contribution in [0.15, 0.2) is 48.5 Å². The Morgan fingerprint density at radius 3 is 2.12 bits per heavy atom. The summed E-state index contributed by atoms with van der Waals surface area (Å²) < 4.78 is 6.00. The molecular formula is C24H31O. The molecular weight excluding hydrogens is 304 g/mol. The molecule has 2 aromatic rings. The highest BCUT2D eigenvalue weighted by molar-refractivity contribution is 5.64. The average molecular weight is 336 g/mol. The normalized spacial score (nSPS) is 15.2. The first-order valence-electron chi connectivity index (χ1n) is 9.99. The molecule has 0 bridgehead atoms. The molecule has 0 unspecified atom stereocenters. The molecule has 0 spiro atoms. The summed E-state index contributed by atoms with van der Waals surface area (Å²) in [4.78, 5) is 0. The Kier molecular flexibility index (Phi) is 6.97. The van der Waals surface area contributed by atoms with Crippen LogP contribution in [-0.4, -0.2) is 6.61 Å². The van der Waals surface area contributed by atoms with Crippen LogP contribution in [0.2, 0.25) is 0 Å². The van der Waals surface area contributed by atoms with Crippen LogP contribution in [0.3, 0.4) is 0 Å². The first-order valence-corrected chi connectivity index (χ1v) is 9.99. The molecule has 1 saturated carbocycles. The van der Waals surface area contributed by atoms with Gasteiger partial charge in [-0.05, 0) is 79.7 Å². The van der Waals surface area contributed by atoms with Crippen molar-refractivity contribution < 1.29 is 4.74 Å². The second-order valence-corrected chi connectivity index (χ2v) is 7.30. The van der Waals surface area contributed by atoms with E-state index in [1.165, 1.54) is 68.1 Å². The van der Waals surface area contributed by atoms with Crippen LogP contribution in [0.1, 0.15) is 57.4 Å². The summed E-state index contributed by atoms with van der Waals surface area (Å²) in [7, 11) is 0. The van der Waals surface area contributed by atoms with Crippen molar-refractivity contribution in [3.05, 3.63) is 60.5 Å². The van der Waals surface area contributed by atoms with Gasteiger partial charge in [-0.15, -0.1) is 0 Å². The zero-order valence-corrected chi connectivity index (χ0v) is 15.5. The van der Waals surface area contributed by atoms with Crippen LogP contribution in [0, 0.1) is 12.3 Å². The molecule has 1 fully saturated rings. The topological polar surface area (TPSA) is 9.23 Å². The minimum absolute atomic E-state index is 0.727. The van der Waals surface area contributed by atoms with Gasteiger partial charge in [-0.25, -0.2) is 0 Å². The van der Waals surface area contributed by atoms with E-state index in [-0.39, 0.29) is 0 Å². The molecule has 3 rings (SSSR count). The van der Waals surface area contributed by atoms with Crippen LogP contribution < -0.4 is 4.74 Å². The van der Waals surface area contributed by atoms with Gasteiger partial charge in [-0.1, -0.05) is 56.2 Å². The zero-order valence-electron chi connectivity index (χ0n) is 15.5. The van der Waals surface area contributed by atoms with Crippen molar-refractivity contribution in [2.45, 2.75) is 58.3 Å². The molecule has 25 heavy (non-hydrogen) atoms. The summed E-state index contributed by atoms with van der Waals surface area (Å²) in [5, 5.41) is 0. The number of hydrogen-bond acceptors (Lipinski definition) is 1. The Bertz CT molecular complexity index is 606. The summed E-state index contributed by atoms with van der Waals surface area (Å²) in [5.41, 5.74) is 4.00. The van der Waals surface area contributed by atoms with Crippen molar-refractivity contribution in [2.24, 2.45) is 5.92 Å². The molecule has 133 valence electrons. The van der Waals surface area contributed by atoms with E-state index in [0.29, 0.717) is 0 Å². The zero-order chi connectivity index (χ0) is 17.3. The van der Waals surface area contributed by atoms with E-state index in [0.717, 1.165) is 18.3 Å². The second kappa shape index (κ2) is 9.65. The van der Waals surface area contributed by atoms with Crippen LogP contribution in [0.25, 0.3) is 11.1 Å². The summed E-state index contributed by atoms with van der Waals surface area (Å²) in [5.74, 6) is 1.72. The van der Waals surface area contributed by atoms with E-state index >= 15 is 0 Å². The van der Waals surface area contributed by atoms with E-state index in [1.807, 2.05) is 0 Å². The Morgan fingerprint density at radius 1 is 0.840 bits per heavy atom. The molecule has 1 radical (unpaired) electrons. The van der Waals surface area contributed by atoms with Gasteiger partial charge < -0.3 is 4.74 Å². The third-order valence-corrected chi connectivity index (χ3v) is 5.25. The smallest absolute Gasteiger partial charge is 0.119 e. The average Bonchev–Trinajstić information content (AvgIpc) is 2.68. The number of unbranched alkanes of at least 4 members (excludes halogenated alkanes) is 2. The van der Waals surface area contributed by atoms with E-state index in [4.69, 9.17) is 4.74 Å². The van der Waals surface area contributed by atoms with Crippen molar-refractivity contribution in [1.82, 2.24) is 0 Å². The maximum Gasteiger partial charge on any atom is 0.119 e. The fourth-order valence-corrected chi connectivity index (χ4v) is 3.56. The summed E-state index contributed by atoms with van der Waals surface area (Å²) in [6.07, 6.45) is 12.6. The highest BCUT2D eigenvalue weighted by Gasteiger charge is 2.14. The molecule has 0 atom stereocenters. The summed E-state index contributed by atoms with van der Waals surface area (Å²) >= 11 is 0. The van der Waals surface area contributed by atoms with Crippen molar-refractivity contribution in [3.8, 4) is 16.9 Å². The predicted molar refractivity (Wildman–Crippen MR) is 107 cm³/mol. The Labute approximate surface area is 153 Å². The van der Waals surface area contributed by atoms with Gasteiger partial charge in [0.25, 0.3) is 0 Å². The maximum atomic E-state index is 6.00. The monoisotopic (exact) mass is 335 g/mol. The Balaban J connectivity index is 1.52. The number of aryl methyl sites for hydroxylation is 1. The molecule has 2 aromatic carbocycles. The van der Waals surface area contributed by atoms with Gasteiger partial charge in [0.2, 0.25) is 0 Å². The van der Waals surface area contributed by atoms with Gasteiger partial charge in [0.1, 0.15) is 5.75 Å².